The predicted molar refractivity (Wildman–Crippen MR) is 70.8 cm³/mol. The molecule has 0 aliphatic heterocycles. The normalized spacial score (nSPS) is 12.2. The van der Waals surface area contributed by atoms with Gasteiger partial charge in [0.15, 0.2) is 0 Å². The van der Waals surface area contributed by atoms with Crippen molar-refractivity contribution < 1.29 is 14.6 Å². The number of rotatable bonds is 6. The summed E-state index contributed by atoms with van der Waals surface area (Å²) >= 11 is 0. The quantitative estimate of drug-likeness (QED) is 0.849. The van der Waals surface area contributed by atoms with Crippen molar-refractivity contribution >= 4 is 5.97 Å². The van der Waals surface area contributed by atoms with Gasteiger partial charge in [-0.3, -0.25) is 9.69 Å². The van der Waals surface area contributed by atoms with E-state index in [1.807, 2.05) is 19.9 Å². The molecule has 0 bridgehead atoms. The van der Waals surface area contributed by atoms with Gasteiger partial charge in [0.05, 0.1) is 18.7 Å². The number of ether oxygens (including phenoxy) is 1. The van der Waals surface area contributed by atoms with Crippen LogP contribution in [-0.4, -0.2) is 35.7 Å². The smallest absolute Gasteiger partial charge is 0.317 e. The van der Waals surface area contributed by atoms with Crippen molar-refractivity contribution in [3.05, 3.63) is 29.8 Å². The topological polar surface area (TPSA) is 73.6 Å². The van der Waals surface area contributed by atoms with Crippen molar-refractivity contribution in [3.63, 3.8) is 0 Å². The zero-order chi connectivity index (χ0) is 14.4. The number of nitrogens with zero attached hydrogens (tertiary/aromatic N) is 2. The first-order valence-electron chi connectivity index (χ1n) is 6.02. The molecule has 1 atom stereocenters. The molecule has 0 aliphatic rings. The maximum Gasteiger partial charge on any atom is 0.317 e. The number of aliphatic carboxylic acids is 1. The van der Waals surface area contributed by atoms with E-state index in [0.717, 1.165) is 5.56 Å². The molecular weight excluding hydrogens is 244 g/mol. The van der Waals surface area contributed by atoms with Gasteiger partial charge in [0.2, 0.25) is 0 Å². The largest absolute Gasteiger partial charge is 0.491 e. The molecule has 5 nitrogen and oxygen atoms in total. The Balaban J connectivity index is 2.92. The minimum absolute atomic E-state index is 0.0486. The Morgan fingerprint density at radius 2 is 2.21 bits per heavy atom. The van der Waals surface area contributed by atoms with E-state index in [0.29, 0.717) is 5.75 Å². The van der Waals surface area contributed by atoms with Gasteiger partial charge in [-0.1, -0.05) is 12.1 Å². The lowest BCUT2D eigenvalue weighted by atomic mass is 10.1. The van der Waals surface area contributed by atoms with Crippen LogP contribution in [0.25, 0.3) is 0 Å². The zero-order valence-electron chi connectivity index (χ0n) is 11.3. The van der Waals surface area contributed by atoms with Crippen LogP contribution >= 0.6 is 0 Å². The highest BCUT2D eigenvalue weighted by molar-refractivity contribution is 5.69. The fourth-order valence-corrected chi connectivity index (χ4v) is 1.76. The van der Waals surface area contributed by atoms with Crippen molar-refractivity contribution in [2.75, 3.05) is 13.6 Å². The summed E-state index contributed by atoms with van der Waals surface area (Å²) in [6.45, 7) is 3.66. The Bertz CT molecular complexity index is 480. The average molecular weight is 262 g/mol. The molecule has 0 fully saturated rings. The fraction of sp³-hybridized carbons (Fsp3) is 0.429. The number of hydrogen-bond acceptors (Lipinski definition) is 4. The standard InChI is InChI=1S/C14H18N2O3/c1-10(2)19-12-6-4-5-11(7-12)13(8-15)16(3)9-14(17)18/h4-7,10,13H,9H2,1-3H3,(H,17,18). The molecule has 0 saturated heterocycles. The molecule has 1 unspecified atom stereocenters. The number of nitriles is 1. The number of hydrogen-bond donors (Lipinski definition) is 1. The first-order valence-corrected chi connectivity index (χ1v) is 6.02. The Morgan fingerprint density at radius 1 is 1.53 bits per heavy atom. The van der Waals surface area contributed by atoms with E-state index in [4.69, 9.17) is 9.84 Å². The van der Waals surface area contributed by atoms with Crippen LogP contribution in [0.2, 0.25) is 0 Å². The SMILES string of the molecule is CC(C)Oc1cccc(C(C#N)N(C)CC(=O)O)c1. The van der Waals surface area contributed by atoms with Crippen molar-refractivity contribution in [1.29, 1.82) is 5.26 Å². The first kappa shape index (κ1) is 15.0. The van der Waals surface area contributed by atoms with Crippen molar-refractivity contribution in [2.24, 2.45) is 0 Å². The molecule has 0 heterocycles. The maximum atomic E-state index is 10.7. The highest BCUT2D eigenvalue weighted by atomic mass is 16.5. The van der Waals surface area contributed by atoms with Gasteiger partial charge in [0, 0.05) is 0 Å². The van der Waals surface area contributed by atoms with Gasteiger partial charge in [0.25, 0.3) is 0 Å². The Labute approximate surface area is 113 Å². The number of carboxylic acid groups (broad SMARTS) is 1. The molecule has 0 aromatic heterocycles. The van der Waals surface area contributed by atoms with E-state index in [9.17, 15) is 10.1 Å². The Morgan fingerprint density at radius 3 is 2.74 bits per heavy atom. The van der Waals surface area contributed by atoms with Crippen LogP contribution in [0.1, 0.15) is 25.5 Å². The highest BCUT2D eigenvalue weighted by Crippen LogP contribution is 2.23. The van der Waals surface area contributed by atoms with Crippen LogP contribution in [-0.2, 0) is 4.79 Å². The molecule has 102 valence electrons. The molecule has 1 aromatic rings. The maximum absolute atomic E-state index is 10.7. The van der Waals surface area contributed by atoms with Crippen LogP contribution in [0.15, 0.2) is 24.3 Å². The third-order valence-corrected chi connectivity index (χ3v) is 2.49. The zero-order valence-corrected chi connectivity index (χ0v) is 11.3. The second kappa shape index (κ2) is 6.76. The molecule has 0 saturated carbocycles. The summed E-state index contributed by atoms with van der Waals surface area (Å²) in [5.41, 5.74) is 0.726. The summed E-state index contributed by atoms with van der Waals surface area (Å²) in [7, 11) is 1.61. The minimum atomic E-state index is -0.961. The summed E-state index contributed by atoms with van der Waals surface area (Å²) in [6, 6.07) is 8.68. The predicted octanol–water partition coefficient (Wildman–Crippen LogP) is 2.05. The number of benzene rings is 1. The number of carboxylic acids is 1. The molecule has 1 aromatic carbocycles. The van der Waals surface area contributed by atoms with Crippen molar-refractivity contribution in [3.8, 4) is 11.8 Å². The third-order valence-electron chi connectivity index (χ3n) is 2.49. The fourth-order valence-electron chi connectivity index (χ4n) is 1.76. The molecule has 1 rings (SSSR count). The van der Waals surface area contributed by atoms with Crippen LogP contribution < -0.4 is 4.74 Å². The van der Waals surface area contributed by atoms with Gasteiger partial charge in [-0.25, -0.2) is 0 Å². The van der Waals surface area contributed by atoms with E-state index >= 15 is 0 Å². The molecule has 19 heavy (non-hydrogen) atoms. The summed E-state index contributed by atoms with van der Waals surface area (Å²) in [5, 5.41) is 18.0. The lowest BCUT2D eigenvalue weighted by molar-refractivity contribution is -0.138. The monoisotopic (exact) mass is 262 g/mol. The molecule has 0 spiro atoms. The highest BCUT2D eigenvalue weighted by Gasteiger charge is 2.19. The van der Waals surface area contributed by atoms with Crippen LogP contribution in [0.5, 0.6) is 5.75 Å². The van der Waals surface area contributed by atoms with Crippen LogP contribution in [0.4, 0.5) is 0 Å². The second-order valence-corrected chi connectivity index (χ2v) is 4.58. The third kappa shape index (κ3) is 4.60. The van der Waals surface area contributed by atoms with E-state index in [1.54, 1.807) is 25.2 Å². The van der Waals surface area contributed by atoms with Gasteiger partial charge >= 0.3 is 5.97 Å². The average Bonchev–Trinajstić information content (AvgIpc) is 2.28. The van der Waals surface area contributed by atoms with E-state index in [2.05, 4.69) is 6.07 Å². The Kier molecular flexibility index (Phi) is 5.34. The summed E-state index contributed by atoms with van der Waals surface area (Å²) < 4.78 is 5.57. The van der Waals surface area contributed by atoms with Gasteiger partial charge in [-0.15, -0.1) is 0 Å². The second-order valence-electron chi connectivity index (χ2n) is 4.58. The summed E-state index contributed by atoms with van der Waals surface area (Å²) in [4.78, 5) is 12.2. The number of likely N-dealkylation sites (N-methyl/N-ethyl adjacent to an activating group) is 1. The lowest BCUT2D eigenvalue weighted by Crippen LogP contribution is -2.29. The molecule has 1 N–H and O–H groups in total. The minimum Gasteiger partial charge on any atom is -0.491 e. The van der Waals surface area contributed by atoms with E-state index < -0.39 is 12.0 Å². The van der Waals surface area contributed by atoms with Gasteiger partial charge < -0.3 is 9.84 Å². The molecule has 0 radical (unpaired) electrons. The van der Waals surface area contributed by atoms with Crippen LogP contribution in [0.3, 0.4) is 0 Å². The first-order chi connectivity index (χ1) is 8.93. The van der Waals surface area contributed by atoms with Crippen LogP contribution in [0, 0.1) is 11.3 Å². The lowest BCUT2D eigenvalue weighted by Gasteiger charge is -2.21. The Hall–Kier alpha value is -2.06. The van der Waals surface area contributed by atoms with Crippen molar-refractivity contribution in [1.82, 2.24) is 4.90 Å². The summed E-state index contributed by atoms with van der Waals surface area (Å²) in [5.74, 6) is -0.284. The molecule has 0 aliphatic carbocycles. The van der Waals surface area contributed by atoms with Gasteiger partial charge in [-0.05, 0) is 38.6 Å². The number of carbonyl (C=O) groups is 1. The van der Waals surface area contributed by atoms with Crippen molar-refractivity contribution in [2.45, 2.75) is 26.0 Å². The molecule has 0 amide bonds. The molecular formula is C14H18N2O3. The van der Waals surface area contributed by atoms with Gasteiger partial charge in [-0.2, -0.15) is 5.26 Å². The van der Waals surface area contributed by atoms with E-state index in [-0.39, 0.29) is 12.6 Å². The van der Waals surface area contributed by atoms with E-state index in [1.165, 1.54) is 4.90 Å². The molecule has 5 heteroatoms. The summed E-state index contributed by atoms with van der Waals surface area (Å²) in [6.07, 6.45) is 0.0486. The van der Waals surface area contributed by atoms with Gasteiger partial charge in [0.1, 0.15) is 11.8 Å².